The largest absolute Gasteiger partial charge is 0.398 e. The zero-order valence-electron chi connectivity index (χ0n) is 8.82. The molecule has 0 spiro atoms. The summed E-state index contributed by atoms with van der Waals surface area (Å²) in [6.07, 6.45) is 3.77. The van der Waals surface area contributed by atoms with E-state index in [0.29, 0.717) is 0 Å². The molecule has 1 heterocycles. The Morgan fingerprint density at radius 3 is 2.71 bits per heavy atom. The van der Waals surface area contributed by atoms with Crippen LogP contribution in [0.1, 0.15) is 19.4 Å². The van der Waals surface area contributed by atoms with E-state index in [1.165, 1.54) is 0 Å². The van der Waals surface area contributed by atoms with Gasteiger partial charge in [-0.2, -0.15) is 0 Å². The molecule has 0 amide bonds. The van der Waals surface area contributed by atoms with Crippen LogP contribution in [0.2, 0.25) is 0 Å². The highest BCUT2D eigenvalue weighted by Crippen LogP contribution is 2.29. The Morgan fingerprint density at radius 2 is 2.00 bits per heavy atom. The molecule has 0 unspecified atom stereocenters. The summed E-state index contributed by atoms with van der Waals surface area (Å²) < 4.78 is 0. The molecule has 14 heavy (non-hydrogen) atoms. The van der Waals surface area contributed by atoms with Crippen LogP contribution in [-0.4, -0.2) is 12.1 Å². The molecule has 0 atom stereocenters. The molecule has 0 bridgehead atoms. The van der Waals surface area contributed by atoms with Gasteiger partial charge in [0.1, 0.15) is 0 Å². The van der Waals surface area contributed by atoms with Crippen LogP contribution in [-0.2, 0) is 0 Å². The number of nitrogens with zero attached hydrogens (tertiary/aromatic N) is 1. The van der Waals surface area contributed by atoms with Crippen molar-refractivity contribution < 1.29 is 4.84 Å². The highest BCUT2D eigenvalue weighted by atomic mass is 16.7. The van der Waals surface area contributed by atoms with Crippen LogP contribution in [0.15, 0.2) is 24.4 Å². The van der Waals surface area contributed by atoms with Gasteiger partial charge in [-0.15, -0.1) is 0 Å². The lowest BCUT2D eigenvalue weighted by Crippen LogP contribution is -2.18. The van der Waals surface area contributed by atoms with Crippen molar-refractivity contribution in [2.75, 3.05) is 12.8 Å². The fraction of sp³-hybridized carbons (Fsp3) is 0.273. The van der Waals surface area contributed by atoms with E-state index in [9.17, 15) is 0 Å². The Hall–Kier alpha value is -1.64. The van der Waals surface area contributed by atoms with Crippen LogP contribution in [0.5, 0.6) is 5.75 Å². The first kappa shape index (κ1) is 10.4. The number of hydroxylamine groups is 2. The number of rotatable bonds is 0. The van der Waals surface area contributed by atoms with Crippen LogP contribution in [0.3, 0.4) is 0 Å². The van der Waals surface area contributed by atoms with Crippen molar-refractivity contribution >= 4 is 11.8 Å². The average Bonchev–Trinajstić information content (AvgIpc) is 2.21. The van der Waals surface area contributed by atoms with Crippen molar-refractivity contribution in [3.05, 3.63) is 30.0 Å². The van der Waals surface area contributed by atoms with Gasteiger partial charge in [0.25, 0.3) is 0 Å². The molecule has 2 rings (SSSR count). The molecule has 1 aromatic carbocycles. The Bertz CT molecular complexity index is 334. The molecule has 1 aliphatic rings. The van der Waals surface area contributed by atoms with Gasteiger partial charge in [0.15, 0.2) is 5.75 Å². The van der Waals surface area contributed by atoms with Crippen LogP contribution >= 0.6 is 0 Å². The lowest BCUT2D eigenvalue weighted by atomic mass is 10.1. The number of nitrogen functional groups attached to an aromatic ring is 1. The third kappa shape index (κ3) is 1.99. The average molecular weight is 192 g/mol. The molecule has 0 radical (unpaired) electrons. The van der Waals surface area contributed by atoms with Gasteiger partial charge in [0.2, 0.25) is 0 Å². The summed E-state index contributed by atoms with van der Waals surface area (Å²) >= 11 is 0. The maximum atomic E-state index is 5.74. The predicted octanol–water partition coefficient (Wildman–Crippen LogP) is 2.50. The highest BCUT2D eigenvalue weighted by Gasteiger charge is 2.10. The molecule has 0 fully saturated rings. The van der Waals surface area contributed by atoms with Crippen molar-refractivity contribution in [2.24, 2.45) is 0 Å². The van der Waals surface area contributed by atoms with E-state index in [-0.39, 0.29) is 0 Å². The van der Waals surface area contributed by atoms with Gasteiger partial charge in [0.05, 0.1) is 0 Å². The van der Waals surface area contributed by atoms with E-state index in [1.54, 1.807) is 5.06 Å². The van der Waals surface area contributed by atoms with E-state index >= 15 is 0 Å². The topological polar surface area (TPSA) is 38.5 Å². The Kier molecular flexibility index (Phi) is 3.40. The number of fused-ring (bicyclic) bond motifs is 1. The minimum Gasteiger partial charge on any atom is -0.398 e. The second kappa shape index (κ2) is 4.56. The predicted molar refractivity (Wildman–Crippen MR) is 59.6 cm³/mol. The molecule has 2 N–H and O–H groups in total. The SMILES string of the molecule is CC.CN1C=Cc2c(N)cccc2O1. The number of nitrogens with two attached hydrogens (primary N) is 1. The second-order valence-electron chi connectivity index (χ2n) is 2.71. The van der Waals surface area contributed by atoms with Crippen molar-refractivity contribution in [1.29, 1.82) is 0 Å². The summed E-state index contributed by atoms with van der Waals surface area (Å²) in [6.45, 7) is 4.00. The monoisotopic (exact) mass is 192 g/mol. The van der Waals surface area contributed by atoms with E-state index in [0.717, 1.165) is 17.0 Å². The Labute approximate surface area is 84.7 Å². The highest BCUT2D eigenvalue weighted by molar-refractivity contribution is 5.70. The molecule has 0 aliphatic carbocycles. The molecule has 0 saturated heterocycles. The third-order valence-electron chi connectivity index (χ3n) is 1.79. The number of hydrogen-bond donors (Lipinski definition) is 1. The van der Waals surface area contributed by atoms with Gasteiger partial charge < -0.3 is 10.6 Å². The first-order valence-corrected chi connectivity index (χ1v) is 4.75. The normalized spacial score (nSPS) is 12.4. The van der Waals surface area contributed by atoms with Gasteiger partial charge in [0, 0.05) is 24.5 Å². The van der Waals surface area contributed by atoms with Crippen LogP contribution in [0.4, 0.5) is 5.69 Å². The summed E-state index contributed by atoms with van der Waals surface area (Å²) in [5, 5.41) is 1.64. The second-order valence-corrected chi connectivity index (χ2v) is 2.71. The molecule has 0 saturated carbocycles. The standard InChI is InChI=1S/C9H10N2O.C2H6/c1-11-6-5-7-8(10)3-2-4-9(7)12-11;1-2/h2-6H,10H2,1H3;1-2H3. The zero-order chi connectivity index (χ0) is 10.6. The maximum absolute atomic E-state index is 5.74. The molecule has 3 nitrogen and oxygen atoms in total. The summed E-state index contributed by atoms with van der Waals surface area (Å²) in [5.41, 5.74) is 7.44. The van der Waals surface area contributed by atoms with Crippen LogP contribution in [0, 0.1) is 0 Å². The lowest BCUT2D eigenvalue weighted by Gasteiger charge is -2.21. The quantitative estimate of drug-likeness (QED) is 0.642. The van der Waals surface area contributed by atoms with Crippen molar-refractivity contribution in [1.82, 2.24) is 5.06 Å². The summed E-state index contributed by atoms with van der Waals surface area (Å²) in [5.74, 6) is 0.806. The van der Waals surface area contributed by atoms with E-state index < -0.39 is 0 Å². The summed E-state index contributed by atoms with van der Waals surface area (Å²) in [7, 11) is 1.84. The van der Waals surface area contributed by atoms with Gasteiger partial charge in [-0.1, -0.05) is 19.9 Å². The van der Waals surface area contributed by atoms with Crippen LogP contribution in [0.25, 0.3) is 6.08 Å². The van der Waals surface area contributed by atoms with Gasteiger partial charge in [-0.05, 0) is 18.2 Å². The number of hydrogen-bond acceptors (Lipinski definition) is 3. The Morgan fingerprint density at radius 1 is 1.29 bits per heavy atom. The minimum absolute atomic E-state index is 0.747. The molecular formula is C11H16N2O. The molecular weight excluding hydrogens is 176 g/mol. The van der Waals surface area contributed by atoms with Crippen molar-refractivity contribution in [3.8, 4) is 5.75 Å². The van der Waals surface area contributed by atoms with E-state index in [1.807, 2.05) is 51.4 Å². The van der Waals surface area contributed by atoms with Gasteiger partial charge in [-0.25, -0.2) is 5.06 Å². The smallest absolute Gasteiger partial charge is 0.164 e. The van der Waals surface area contributed by atoms with Crippen molar-refractivity contribution in [3.63, 3.8) is 0 Å². The number of anilines is 1. The van der Waals surface area contributed by atoms with Crippen molar-refractivity contribution in [2.45, 2.75) is 13.8 Å². The fourth-order valence-electron chi connectivity index (χ4n) is 1.18. The third-order valence-corrected chi connectivity index (χ3v) is 1.79. The van der Waals surface area contributed by atoms with E-state index in [4.69, 9.17) is 10.6 Å². The summed E-state index contributed by atoms with van der Waals surface area (Å²) in [6, 6.07) is 5.63. The molecule has 76 valence electrons. The van der Waals surface area contributed by atoms with Gasteiger partial charge in [-0.3, -0.25) is 0 Å². The molecule has 1 aliphatic heterocycles. The first-order valence-electron chi connectivity index (χ1n) is 4.75. The van der Waals surface area contributed by atoms with Gasteiger partial charge >= 0.3 is 0 Å². The minimum atomic E-state index is 0.747. The lowest BCUT2D eigenvalue weighted by molar-refractivity contribution is 0.0189. The fourth-order valence-corrected chi connectivity index (χ4v) is 1.18. The molecule has 0 aromatic heterocycles. The summed E-state index contributed by atoms with van der Waals surface area (Å²) in [4.78, 5) is 5.38. The molecule has 1 aromatic rings. The van der Waals surface area contributed by atoms with E-state index in [2.05, 4.69) is 0 Å². The van der Waals surface area contributed by atoms with Crippen LogP contribution < -0.4 is 10.6 Å². The first-order chi connectivity index (χ1) is 6.77. The zero-order valence-corrected chi connectivity index (χ0v) is 8.82. The Balaban J connectivity index is 0.000000461. The maximum Gasteiger partial charge on any atom is 0.164 e. The molecule has 3 heteroatoms. The number of benzene rings is 1.